The van der Waals surface area contributed by atoms with E-state index in [4.69, 9.17) is 9.84 Å². The van der Waals surface area contributed by atoms with E-state index in [0.717, 1.165) is 5.56 Å². The largest absolute Gasteiger partial charge is 0.508 e. The van der Waals surface area contributed by atoms with E-state index in [0.29, 0.717) is 13.0 Å². The molecular weight excluding hydrogens is 220 g/mol. The van der Waals surface area contributed by atoms with Crippen molar-refractivity contribution in [2.75, 3.05) is 6.61 Å². The lowest BCUT2D eigenvalue weighted by atomic mass is 9.98. The number of rotatable bonds is 6. The van der Waals surface area contributed by atoms with Crippen molar-refractivity contribution in [3.8, 4) is 5.75 Å². The van der Waals surface area contributed by atoms with Gasteiger partial charge in [0.1, 0.15) is 5.75 Å². The number of aromatic hydroxyl groups is 1. The molecule has 4 heteroatoms. The molecule has 17 heavy (non-hydrogen) atoms. The lowest BCUT2D eigenvalue weighted by molar-refractivity contribution is -0.137. The number of carboxylic acids is 1. The summed E-state index contributed by atoms with van der Waals surface area (Å²) in [6, 6.07) is 6.81. The molecule has 0 radical (unpaired) electrons. The molecule has 1 rings (SSSR count). The van der Waals surface area contributed by atoms with E-state index < -0.39 is 11.6 Å². The van der Waals surface area contributed by atoms with Crippen LogP contribution in [0.3, 0.4) is 0 Å². The zero-order valence-electron chi connectivity index (χ0n) is 10.1. The van der Waals surface area contributed by atoms with Crippen molar-refractivity contribution in [2.24, 2.45) is 0 Å². The third-order valence-corrected chi connectivity index (χ3v) is 2.56. The van der Waals surface area contributed by atoms with Crippen molar-refractivity contribution in [3.05, 3.63) is 29.8 Å². The summed E-state index contributed by atoms with van der Waals surface area (Å²) in [6.07, 6.45) is 0.614. The Morgan fingerprint density at radius 1 is 1.29 bits per heavy atom. The number of phenolic OH excluding ortho intramolecular Hbond substituents is 1. The topological polar surface area (TPSA) is 66.8 Å². The smallest absolute Gasteiger partial charge is 0.303 e. The Morgan fingerprint density at radius 2 is 1.88 bits per heavy atom. The molecular formula is C13H18O4. The van der Waals surface area contributed by atoms with Crippen molar-refractivity contribution in [1.82, 2.24) is 0 Å². The van der Waals surface area contributed by atoms with Gasteiger partial charge in [-0.25, -0.2) is 0 Å². The van der Waals surface area contributed by atoms with Gasteiger partial charge in [-0.2, -0.15) is 0 Å². The highest BCUT2D eigenvalue weighted by atomic mass is 16.5. The molecule has 0 spiro atoms. The number of hydrogen-bond acceptors (Lipinski definition) is 3. The molecule has 0 saturated heterocycles. The first-order valence-corrected chi connectivity index (χ1v) is 5.57. The summed E-state index contributed by atoms with van der Waals surface area (Å²) in [7, 11) is 0. The first kappa shape index (κ1) is 13.5. The number of ether oxygens (including phenoxy) is 1. The molecule has 0 aliphatic rings. The van der Waals surface area contributed by atoms with E-state index in [9.17, 15) is 9.90 Å². The zero-order chi connectivity index (χ0) is 12.9. The van der Waals surface area contributed by atoms with Crippen LogP contribution in [0.5, 0.6) is 5.75 Å². The van der Waals surface area contributed by atoms with Crippen molar-refractivity contribution in [2.45, 2.75) is 32.3 Å². The second kappa shape index (κ2) is 5.68. The molecule has 0 aliphatic heterocycles. The molecule has 2 N–H and O–H groups in total. The Hall–Kier alpha value is -1.55. The van der Waals surface area contributed by atoms with E-state index in [2.05, 4.69) is 0 Å². The van der Waals surface area contributed by atoms with Gasteiger partial charge in [0.05, 0.1) is 5.60 Å². The fourth-order valence-electron chi connectivity index (χ4n) is 1.50. The second-order valence-electron chi connectivity index (χ2n) is 4.40. The van der Waals surface area contributed by atoms with Gasteiger partial charge in [0.2, 0.25) is 0 Å². The number of carbonyl (C=O) groups is 1. The maximum absolute atomic E-state index is 10.3. The van der Waals surface area contributed by atoms with Crippen LogP contribution in [-0.2, 0) is 15.1 Å². The van der Waals surface area contributed by atoms with Crippen LogP contribution in [0.15, 0.2) is 24.3 Å². The molecule has 1 aromatic rings. The summed E-state index contributed by atoms with van der Waals surface area (Å²) in [4.78, 5) is 10.3. The number of benzene rings is 1. The molecule has 0 heterocycles. The predicted octanol–water partition coefficient (Wildman–Crippen LogP) is 2.51. The fourth-order valence-corrected chi connectivity index (χ4v) is 1.50. The van der Waals surface area contributed by atoms with Crippen molar-refractivity contribution in [3.63, 3.8) is 0 Å². The summed E-state index contributed by atoms with van der Waals surface area (Å²) >= 11 is 0. The molecule has 0 fully saturated rings. The van der Waals surface area contributed by atoms with E-state index in [-0.39, 0.29) is 12.2 Å². The molecule has 0 amide bonds. The summed E-state index contributed by atoms with van der Waals surface area (Å²) in [5, 5.41) is 17.7. The maximum Gasteiger partial charge on any atom is 0.303 e. The minimum absolute atomic E-state index is 0.117. The Kier molecular flexibility index (Phi) is 4.52. The predicted molar refractivity (Wildman–Crippen MR) is 64.0 cm³/mol. The molecule has 0 bridgehead atoms. The quantitative estimate of drug-likeness (QED) is 0.747. The van der Waals surface area contributed by atoms with E-state index >= 15 is 0 Å². The lowest BCUT2D eigenvalue weighted by Gasteiger charge is -2.26. The highest BCUT2D eigenvalue weighted by Gasteiger charge is 2.20. The Labute approximate surface area is 101 Å². The van der Waals surface area contributed by atoms with Gasteiger partial charge in [0.25, 0.3) is 0 Å². The van der Waals surface area contributed by atoms with E-state index in [1.165, 1.54) is 0 Å². The van der Waals surface area contributed by atoms with Gasteiger partial charge in [0, 0.05) is 13.0 Å². The highest BCUT2D eigenvalue weighted by Crippen LogP contribution is 2.26. The third-order valence-electron chi connectivity index (χ3n) is 2.56. The van der Waals surface area contributed by atoms with Gasteiger partial charge in [-0.15, -0.1) is 0 Å². The van der Waals surface area contributed by atoms with Crippen molar-refractivity contribution >= 4 is 5.97 Å². The van der Waals surface area contributed by atoms with Crippen LogP contribution < -0.4 is 0 Å². The molecule has 0 aromatic heterocycles. The van der Waals surface area contributed by atoms with E-state index in [1.807, 2.05) is 13.8 Å². The number of carboxylic acid groups (broad SMARTS) is 1. The first-order chi connectivity index (χ1) is 7.92. The van der Waals surface area contributed by atoms with Crippen LogP contribution in [0, 0.1) is 0 Å². The molecule has 1 aromatic carbocycles. The average molecular weight is 238 g/mol. The van der Waals surface area contributed by atoms with E-state index in [1.54, 1.807) is 24.3 Å². The molecule has 0 atom stereocenters. The van der Waals surface area contributed by atoms with Crippen LogP contribution in [-0.4, -0.2) is 22.8 Å². The highest BCUT2D eigenvalue weighted by molar-refractivity contribution is 5.66. The van der Waals surface area contributed by atoms with Crippen LogP contribution in [0.25, 0.3) is 0 Å². The van der Waals surface area contributed by atoms with Gasteiger partial charge >= 0.3 is 5.97 Å². The Balaban J connectivity index is 2.50. The summed E-state index contributed by atoms with van der Waals surface area (Å²) in [5.74, 6) is -0.591. The third kappa shape index (κ3) is 4.44. The van der Waals surface area contributed by atoms with Gasteiger partial charge < -0.3 is 14.9 Å². The average Bonchev–Trinajstić information content (AvgIpc) is 2.25. The molecule has 0 aliphatic carbocycles. The summed E-state index contributed by atoms with van der Waals surface area (Å²) in [6.45, 7) is 4.24. The molecule has 0 unspecified atom stereocenters. The lowest BCUT2D eigenvalue weighted by Crippen LogP contribution is -2.22. The van der Waals surface area contributed by atoms with Gasteiger partial charge in [0.15, 0.2) is 0 Å². The molecule has 0 saturated carbocycles. The zero-order valence-corrected chi connectivity index (χ0v) is 10.1. The number of aliphatic carboxylic acids is 1. The Morgan fingerprint density at radius 3 is 2.41 bits per heavy atom. The first-order valence-electron chi connectivity index (χ1n) is 5.57. The van der Waals surface area contributed by atoms with Crippen molar-refractivity contribution in [1.29, 1.82) is 0 Å². The number of phenols is 1. The number of hydrogen-bond donors (Lipinski definition) is 2. The van der Waals surface area contributed by atoms with Gasteiger partial charge in [-0.05, 0) is 38.0 Å². The normalized spacial score (nSPS) is 11.4. The second-order valence-corrected chi connectivity index (χ2v) is 4.40. The SMILES string of the molecule is CC(C)(OCCCC(=O)O)c1ccc(O)cc1. The monoisotopic (exact) mass is 238 g/mol. The standard InChI is InChI=1S/C13H18O4/c1-13(2,17-9-3-4-12(15)16)10-5-7-11(14)8-6-10/h5-8,14H,3-4,9H2,1-2H3,(H,15,16). The summed E-state index contributed by atoms with van der Waals surface area (Å²) < 4.78 is 5.66. The van der Waals surface area contributed by atoms with Crippen molar-refractivity contribution < 1.29 is 19.7 Å². The van der Waals surface area contributed by atoms with Crippen LogP contribution >= 0.6 is 0 Å². The summed E-state index contributed by atoms with van der Waals surface area (Å²) in [5.41, 5.74) is 0.470. The van der Waals surface area contributed by atoms with Crippen LogP contribution in [0.4, 0.5) is 0 Å². The van der Waals surface area contributed by atoms with Crippen LogP contribution in [0.2, 0.25) is 0 Å². The maximum atomic E-state index is 10.3. The molecule has 4 nitrogen and oxygen atoms in total. The minimum Gasteiger partial charge on any atom is -0.508 e. The fraction of sp³-hybridized carbons (Fsp3) is 0.462. The van der Waals surface area contributed by atoms with Gasteiger partial charge in [-0.3, -0.25) is 4.79 Å². The Bertz CT molecular complexity index is 368. The van der Waals surface area contributed by atoms with Gasteiger partial charge in [-0.1, -0.05) is 12.1 Å². The van der Waals surface area contributed by atoms with Crippen LogP contribution in [0.1, 0.15) is 32.3 Å². The minimum atomic E-state index is -0.809. The molecule has 94 valence electrons.